The fourth-order valence-electron chi connectivity index (χ4n) is 1.50. The highest BCUT2D eigenvalue weighted by Crippen LogP contribution is 2.08. The van der Waals surface area contributed by atoms with E-state index in [4.69, 9.17) is 4.74 Å². The van der Waals surface area contributed by atoms with Crippen molar-refractivity contribution in [2.45, 2.75) is 38.8 Å². The van der Waals surface area contributed by atoms with E-state index in [1.54, 1.807) is 31.6 Å². The molecule has 0 saturated heterocycles. The maximum atomic E-state index is 11.6. The summed E-state index contributed by atoms with van der Waals surface area (Å²) in [5, 5.41) is 15.9. The van der Waals surface area contributed by atoms with Gasteiger partial charge in [0.05, 0.1) is 18.8 Å². The Bertz CT molecular complexity index is 396. The smallest absolute Gasteiger partial charge is 0.407 e. The monoisotopic (exact) mass is 255 g/mol. The van der Waals surface area contributed by atoms with E-state index in [9.17, 15) is 9.90 Å². The van der Waals surface area contributed by atoms with Crippen LogP contribution in [-0.4, -0.2) is 39.2 Å². The van der Waals surface area contributed by atoms with Crippen molar-refractivity contribution in [2.75, 3.05) is 6.61 Å². The zero-order valence-corrected chi connectivity index (χ0v) is 11.3. The first-order valence-corrected chi connectivity index (χ1v) is 5.88. The van der Waals surface area contributed by atoms with E-state index in [1.165, 1.54) is 0 Å². The van der Waals surface area contributed by atoms with Crippen molar-refractivity contribution in [1.29, 1.82) is 0 Å². The van der Waals surface area contributed by atoms with E-state index < -0.39 is 11.7 Å². The summed E-state index contributed by atoms with van der Waals surface area (Å²) in [6, 6.07) is -0.371. The second-order valence-electron chi connectivity index (χ2n) is 5.25. The molecule has 0 aliphatic carbocycles. The number of hydrogen-bond acceptors (Lipinski definition) is 4. The summed E-state index contributed by atoms with van der Waals surface area (Å²) in [6.45, 7) is 5.24. The number of aliphatic hydroxyl groups excluding tert-OH is 1. The van der Waals surface area contributed by atoms with Gasteiger partial charge in [0.1, 0.15) is 5.60 Å². The third-order valence-corrected chi connectivity index (χ3v) is 2.18. The van der Waals surface area contributed by atoms with Crippen LogP contribution in [0.4, 0.5) is 4.79 Å². The number of aliphatic hydroxyl groups is 1. The van der Waals surface area contributed by atoms with Crippen LogP contribution in [0, 0.1) is 0 Å². The van der Waals surface area contributed by atoms with Crippen LogP contribution in [0.3, 0.4) is 0 Å². The third-order valence-electron chi connectivity index (χ3n) is 2.18. The normalized spacial score (nSPS) is 13.2. The molecule has 6 nitrogen and oxygen atoms in total. The minimum Gasteiger partial charge on any atom is -0.444 e. The summed E-state index contributed by atoms with van der Waals surface area (Å²) in [4.78, 5) is 11.6. The molecule has 1 aromatic heterocycles. The molecule has 18 heavy (non-hydrogen) atoms. The summed E-state index contributed by atoms with van der Waals surface area (Å²) in [5.41, 5.74) is 0.408. The fourth-order valence-corrected chi connectivity index (χ4v) is 1.50. The van der Waals surface area contributed by atoms with E-state index in [-0.39, 0.29) is 12.6 Å². The molecule has 1 rings (SSSR count). The summed E-state index contributed by atoms with van der Waals surface area (Å²) >= 11 is 0. The predicted molar refractivity (Wildman–Crippen MR) is 67.2 cm³/mol. The Morgan fingerprint density at radius 2 is 2.28 bits per heavy atom. The van der Waals surface area contributed by atoms with Crippen molar-refractivity contribution in [1.82, 2.24) is 15.1 Å². The average molecular weight is 255 g/mol. The van der Waals surface area contributed by atoms with Crippen LogP contribution >= 0.6 is 0 Å². The number of carbonyl (C=O) groups excluding carboxylic acids is 1. The molecule has 6 heteroatoms. The molecule has 1 heterocycles. The van der Waals surface area contributed by atoms with E-state index >= 15 is 0 Å². The summed E-state index contributed by atoms with van der Waals surface area (Å²) in [6.07, 6.45) is 3.55. The Morgan fingerprint density at radius 1 is 1.61 bits per heavy atom. The van der Waals surface area contributed by atoms with Gasteiger partial charge in [0.15, 0.2) is 0 Å². The first-order valence-electron chi connectivity index (χ1n) is 5.88. The van der Waals surface area contributed by atoms with E-state index in [2.05, 4.69) is 10.4 Å². The predicted octanol–water partition coefficient (Wildman–Crippen LogP) is 0.848. The van der Waals surface area contributed by atoms with Crippen LogP contribution in [0.5, 0.6) is 0 Å². The third kappa shape index (κ3) is 5.18. The van der Waals surface area contributed by atoms with Crippen molar-refractivity contribution in [3.63, 3.8) is 0 Å². The molecule has 1 amide bonds. The lowest BCUT2D eigenvalue weighted by Crippen LogP contribution is -2.42. The van der Waals surface area contributed by atoms with Gasteiger partial charge in [-0.1, -0.05) is 0 Å². The molecule has 0 bridgehead atoms. The van der Waals surface area contributed by atoms with Gasteiger partial charge in [-0.15, -0.1) is 0 Å². The minimum atomic E-state index is -0.543. The second kappa shape index (κ2) is 5.86. The van der Waals surface area contributed by atoms with Crippen LogP contribution in [-0.2, 0) is 18.2 Å². The van der Waals surface area contributed by atoms with Gasteiger partial charge in [-0.2, -0.15) is 5.10 Å². The van der Waals surface area contributed by atoms with Gasteiger partial charge >= 0.3 is 6.09 Å². The molecule has 1 aromatic rings. The maximum Gasteiger partial charge on any atom is 0.407 e. The van der Waals surface area contributed by atoms with Crippen molar-refractivity contribution >= 4 is 6.09 Å². The van der Waals surface area contributed by atoms with Crippen molar-refractivity contribution in [3.8, 4) is 0 Å². The average Bonchev–Trinajstić information content (AvgIpc) is 2.60. The highest BCUT2D eigenvalue weighted by Gasteiger charge is 2.19. The lowest BCUT2D eigenvalue weighted by molar-refractivity contribution is 0.0483. The first-order chi connectivity index (χ1) is 8.30. The number of nitrogens with zero attached hydrogens (tertiary/aromatic N) is 2. The van der Waals surface area contributed by atoms with Gasteiger partial charge in [-0.3, -0.25) is 4.68 Å². The molecule has 0 aromatic carbocycles. The Labute approximate surface area is 107 Å². The van der Waals surface area contributed by atoms with Gasteiger partial charge in [0.2, 0.25) is 0 Å². The van der Waals surface area contributed by atoms with Crippen molar-refractivity contribution < 1.29 is 14.6 Å². The van der Waals surface area contributed by atoms with Gasteiger partial charge in [-0.05, 0) is 32.8 Å². The lowest BCUT2D eigenvalue weighted by Gasteiger charge is -2.22. The van der Waals surface area contributed by atoms with Crippen LogP contribution in [0.1, 0.15) is 26.3 Å². The molecule has 0 aliphatic heterocycles. The highest BCUT2D eigenvalue weighted by molar-refractivity contribution is 5.68. The first kappa shape index (κ1) is 14.5. The maximum absolute atomic E-state index is 11.6. The summed E-state index contributed by atoms with van der Waals surface area (Å²) < 4.78 is 6.81. The Balaban J connectivity index is 2.49. The van der Waals surface area contributed by atoms with E-state index in [0.29, 0.717) is 6.42 Å². The van der Waals surface area contributed by atoms with Crippen LogP contribution in [0.25, 0.3) is 0 Å². The SMILES string of the molecule is Cn1cc(CC(CO)NC(=O)OC(C)(C)C)cn1. The summed E-state index contributed by atoms with van der Waals surface area (Å²) in [5.74, 6) is 0. The number of alkyl carbamates (subject to hydrolysis) is 1. The Kier molecular flexibility index (Phi) is 4.72. The number of amides is 1. The standard InChI is InChI=1S/C12H21N3O3/c1-12(2,3)18-11(17)14-10(8-16)5-9-6-13-15(4)7-9/h6-7,10,16H,5,8H2,1-4H3,(H,14,17). The highest BCUT2D eigenvalue weighted by atomic mass is 16.6. The molecule has 0 radical (unpaired) electrons. The number of hydrogen-bond donors (Lipinski definition) is 2. The van der Waals surface area contributed by atoms with Crippen molar-refractivity contribution in [3.05, 3.63) is 18.0 Å². The number of ether oxygens (including phenoxy) is 1. The molecule has 2 N–H and O–H groups in total. The van der Waals surface area contributed by atoms with Gasteiger partial charge in [-0.25, -0.2) is 4.79 Å². The molecule has 1 atom stereocenters. The Morgan fingerprint density at radius 3 is 2.72 bits per heavy atom. The molecule has 0 fully saturated rings. The number of nitrogens with one attached hydrogen (secondary N) is 1. The lowest BCUT2D eigenvalue weighted by atomic mass is 10.1. The topological polar surface area (TPSA) is 76.4 Å². The fraction of sp³-hybridized carbons (Fsp3) is 0.667. The number of aromatic nitrogens is 2. The summed E-state index contributed by atoms with van der Waals surface area (Å²) in [7, 11) is 1.82. The molecule has 102 valence electrons. The molecule has 0 aliphatic rings. The van der Waals surface area contributed by atoms with Gasteiger partial charge in [0, 0.05) is 13.2 Å². The van der Waals surface area contributed by atoms with Crippen LogP contribution in [0.2, 0.25) is 0 Å². The van der Waals surface area contributed by atoms with Crippen LogP contribution < -0.4 is 5.32 Å². The molecule has 0 spiro atoms. The number of aryl methyl sites for hydroxylation is 1. The zero-order valence-electron chi connectivity index (χ0n) is 11.3. The molecule has 0 saturated carbocycles. The van der Waals surface area contributed by atoms with Gasteiger partial charge in [0.25, 0.3) is 0 Å². The molecular weight excluding hydrogens is 234 g/mol. The Hall–Kier alpha value is -1.56. The number of carbonyl (C=O) groups is 1. The van der Waals surface area contributed by atoms with Gasteiger partial charge < -0.3 is 15.2 Å². The number of rotatable bonds is 4. The quantitative estimate of drug-likeness (QED) is 0.836. The van der Waals surface area contributed by atoms with E-state index in [1.807, 2.05) is 13.2 Å². The molecule has 1 unspecified atom stereocenters. The zero-order chi connectivity index (χ0) is 13.8. The van der Waals surface area contributed by atoms with E-state index in [0.717, 1.165) is 5.56 Å². The second-order valence-corrected chi connectivity index (χ2v) is 5.25. The molecular formula is C12H21N3O3. The minimum absolute atomic E-state index is 0.145. The largest absolute Gasteiger partial charge is 0.444 e. The van der Waals surface area contributed by atoms with Crippen LogP contribution in [0.15, 0.2) is 12.4 Å². The van der Waals surface area contributed by atoms with Crippen molar-refractivity contribution in [2.24, 2.45) is 7.05 Å².